The van der Waals surface area contributed by atoms with Gasteiger partial charge in [0, 0.05) is 6.20 Å². The normalized spacial score (nSPS) is 10.3. The molecule has 0 aliphatic carbocycles. The van der Waals surface area contributed by atoms with Crippen LogP contribution in [0, 0.1) is 0 Å². The summed E-state index contributed by atoms with van der Waals surface area (Å²) in [6.45, 7) is -0.293. The van der Waals surface area contributed by atoms with E-state index in [0.717, 1.165) is 0 Å². The van der Waals surface area contributed by atoms with Gasteiger partial charge in [0.1, 0.15) is 16.9 Å². The molecule has 0 aliphatic heterocycles. The molecule has 2 heterocycles. The third-order valence-electron chi connectivity index (χ3n) is 2.25. The lowest BCUT2D eigenvalue weighted by molar-refractivity contribution is -0.137. The van der Waals surface area contributed by atoms with Crippen molar-refractivity contribution in [2.75, 3.05) is 5.32 Å². The highest BCUT2D eigenvalue weighted by Crippen LogP contribution is 2.18. The molecule has 0 aromatic carbocycles. The number of aromatic nitrogens is 3. The van der Waals surface area contributed by atoms with Crippen LogP contribution in [0.4, 0.5) is 5.69 Å². The molecule has 104 valence electrons. The quantitative estimate of drug-likeness (QED) is 0.840. The van der Waals surface area contributed by atoms with Crippen LogP contribution >= 0.6 is 23.2 Å². The number of hydrogen-bond acceptors (Lipinski definition) is 4. The Bertz CT molecular complexity index is 671. The number of pyridine rings is 1. The second-order valence-electron chi connectivity index (χ2n) is 3.75. The van der Waals surface area contributed by atoms with E-state index in [1.54, 1.807) is 0 Å². The number of anilines is 1. The highest BCUT2D eigenvalue weighted by Gasteiger charge is 2.13. The van der Waals surface area contributed by atoms with Gasteiger partial charge >= 0.3 is 5.97 Å². The van der Waals surface area contributed by atoms with Crippen molar-refractivity contribution in [1.29, 1.82) is 0 Å². The van der Waals surface area contributed by atoms with E-state index in [-0.39, 0.29) is 22.4 Å². The topological polar surface area (TPSA) is 97.1 Å². The monoisotopic (exact) mass is 314 g/mol. The van der Waals surface area contributed by atoms with Crippen molar-refractivity contribution < 1.29 is 14.7 Å². The average Bonchev–Trinajstić information content (AvgIpc) is 2.75. The number of rotatable bonds is 4. The Balaban J connectivity index is 2.11. The van der Waals surface area contributed by atoms with Gasteiger partial charge in [-0.15, -0.1) is 0 Å². The molecule has 0 bridgehead atoms. The Morgan fingerprint density at radius 2 is 2.10 bits per heavy atom. The van der Waals surface area contributed by atoms with E-state index in [1.165, 1.54) is 29.2 Å². The zero-order valence-corrected chi connectivity index (χ0v) is 11.4. The minimum absolute atomic E-state index is 0.0204. The molecule has 0 saturated carbocycles. The van der Waals surface area contributed by atoms with Gasteiger partial charge in [0.2, 0.25) is 0 Å². The van der Waals surface area contributed by atoms with Crippen LogP contribution in [0.3, 0.4) is 0 Å². The summed E-state index contributed by atoms with van der Waals surface area (Å²) in [5.41, 5.74) is 0.504. The Labute approximate surface area is 123 Å². The summed E-state index contributed by atoms with van der Waals surface area (Å²) in [6.07, 6.45) is 2.72. The first kappa shape index (κ1) is 14.3. The van der Waals surface area contributed by atoms with E-state index in [0.29, 0.717) is 5.69 Å². The van der Waals surface area contributed by atoms with Gasteiger partial charge in [0.25, 0.3) is 5.91 Å². The first-order valence-electron chi connectivity index (χ1n) is 5.33. The molecule has 7 nitrogen and oxygen atoms in total. The summed E-state index contributed by atoms with van der Waals surface area (Å²) in [5.74, 6) is -1.52. The summed E-state index contributed by atoms with van der Waals surface area (Å²) in [5, 5.41) is 15.1. The molecule has 0 radical (unpaired) electrons. The number of nitrogens with one attached hydrogen (secondary N) is 1. The van der Waals surface area contributed by atoms with Crippen molar-refractivity contribution in [2.45, 2.75) is 6.54 Å². The molecular weight excluding hydrogens is 307 g/mol. The van der Waals surface area contributed by atoms with Crippen molar-refractivity contribution in [1.82, 2.24) is 14.8 Å². The molecule has 20 heavy (non-hydrogen) atoms. The Hall–Kier alpha value is -2.12. The minimum Gasteiger partial charge on any atom is -0.480 e. The zero-order valence-electron chi connectivity index (χ0n) is 9.88. The molecular formula is C11H8Cl2N4O3. The maximum Gasteiger partial charge on any atom is 0.325 e. The minimum atomic E-state index is -1.03. The standard InChI is InChI=1S/C11H8Cl2N4O3/c12-8-2-1-7(10(13)16-8)11(20)15-6-3-14-17(4-6)5-9(18)19/h1-4H,5H2,(H,15,20)(H,18,19). The van der Waals surface area contributed by atoms with E-state index in [2.05, 4.69) is 15.4 Å². The van der Waals surface area contributed by atoms with E-state index >= 15 is 0 Å². The second kappa shape index (κ2) is 5.89. The average molecular weight is 315 g/mol. The molecule has 0 atom stereocenters. The van der Waals surface area contributed by atoms with Crippen LogP contribution in [0.1, 0.15) is 10.4 Å². The highest BCUT2D eigenvalue weighted by molar-refractivity contribution is 6.35. The van der Waals surface area contributed by atoms with Crippen molar-refractivity contribution in [3.63, 3.8) is 0 Å². The molecule has 1 amide bonds. The summed E-state index contributed by atoms with van der Waals surface area (Å²) < 4.78 is 1.18. The van der Waals surface area contributed by atoms with Gasteiger partial charge in [-0.1, -0.05) is 23.2 Å². The molecule has 0 fully saturated rings. The van der Waals surface area contributed by atoms with E-state index in [1.807, 2.05) is 0 Å². The van der Waals surface area contributed by atoms with Crippen molar-refractivity contribution >= 4 is 40.8 Å². The Morgan fingerprint density at radius 1 is 1.35 bits per heavy atom. The smallest absolute Gasteiger partial charge is 0.325 e. The fraction of sp³-hybridized carbons (Fsp3) is 0.0909. The summed E-state index contributed by atoms with van der Waals surface area (Å²) >= 11 is 11.4. The van der Waals surface area contributed by atoms with Crippen LogP contribution in [0.25, 0.3) is 0 Å². The predicted molar refractivity (Wildman–Crippen MR) is 72.1 cm³/mol. The van der Waals surface area contributed by atoms with Crippen LogP contribution in [0.2, 0.25) is 10.3 Å². The lowest BCUT2D eigenvalue weighted by Crippen LogP contribution is -2.13. The number of carbonyl (C=O) groups is 2. The van der Waals surface area contributed by atoms with Gasteiger partial charge < -0.3 is 10.4 Å². The molecule has 2 aromatic heterocycles. The van der Waals surface area contributed by atoms with Crippen LogP contribution in [0.5, 0.6) is 0 Å². The van der Waals surface area contributed by atoms with Crippen molar-refractivity contribution in [2.24, 2.45) is 0 Å². The lowest BCUT2D eigenvalue weighted by atomic mass is 10.2. The van der Waals surface area contributed by atoms with Crippen LogP contribution in [-0.2, 0) is 11.3 Å². The maximum absolute atomic E-state index is 11.9. The van der Waals surface area contributed by atoms with Gasteiger partial charge in [-0.2, -0.15) is 5.10 Å². The highest BCUT2D eigenvalue weighted by atomic mass is 35.5. The number of carboxylic acids is 1. The van der Waals surface area contributed by atoms with E-state index < -0.39 is 11.9 Å². The summed E-state index contributed by atoms with van der Waals surface area (Å²) in [7, 11) is 0. The number of aliphatic carboxylic acids is 1. The Morgan fingerprint density at radius 3 is 2.75 bits per heavy atom. The van der Waals surface area contributed by atoms with Crippen molar-refractivity contribution in [3.8, 4) is 0 Å². The predicted octanol–water partition coefficient (Wildman–Crippen LogP) is 1.92. The third kappa shape index (κ3) is 3.46. The first-order valence-corrected chi connectivity index (χ1v) is 6.09. The number of halogens is 2. The van der Waals surface area contributed by atoms with E-state index in [4.69, 9.17) is 28.3 Å². The molecule has 2 N–H and O–H groups in total. The fourth-order valence-corrected chi connectivity index (χ4v) is 1.86. The van der Waals surface area contributed by atoms with Crippen LogP contribution in [0.15, 0.2) is 24.5 Å². The molecule has 0 aliphatic rings. The molecule has 0 spiro atoms. The SMILES string of the molecule is O=C(O)Cn1cc(NC(=O)c2ccc(Cl)nc2Cl)cn1. The van der Waals surface area contributed by atoms with Crippen LogP contribution in [-0.4, -0.2) is 31.7 Å². The van der Waals surface area contributed by atoms with Gasteiger partial charge in [-0.25, -0.2) is 4.98 Å². The van der Waals surface area contributed by atoms with Crippen molar-refractivity contribution in [3.05, 3.63) is 40.4 Å². The summed E-state index contributed by atoms with van der Waals surface area (Å²) in [6, 6.07) is 2.88. The second-order valence-corrected chi connectivity index (χ2v) is 4.49. The van der Waals surface area contributed by atoms with Gasteiger partial charge in [0.15, 0.2) is 0 Å². The third-order valence-corrected chi connectivity index (χ3v) is 2.75. The van der Waals surface area contributed by atoms with Gasteiger partial charge in [-0.05, 0) is 12.1 Å². The number of carbonyl (C=O) groups excluding carboxylic acids is 1. The molecule has 2 rings (SSSR count). The molecule has 0 saturated heterocycles. The molecule has 0 unspecified atom stereocenters. The number of carboxylic acid groups (broad SMARTS) is 1. The maximum atomic E-state index is 11.9. The lowest BCUT2D eigenvalue weighted by Gasteiger charge is -2.04. The zero-order chi connectivity index (χ0) is 14.7. The fourth-order valence-electron chi connectivity index (χ4n) is 1.43. The molecule has 2 aromatic rings. The molecule has 9 heteroatoms. The largest absolute Gasteiger partial charge is 0.480 e. The van der Waals surface area contributed by atoms with Gasteiger partial charge in [0.05, 0.1) is 17.4 Å². The number of amides is 1. The van der Waals surface area contributed by atoms with Crippen LogP contribution < -0.4 is 5.32 Å². The number of hydrogen-bond donors (Lipinski definition) is 2. The van der Waals surface area contributed by atoms with Gasteiger partial charge in [-0.3, -0.25) is 14.3 Å². The summed E-state index contributed by atoms with van der Waals surface area (Å²) in [4.78, 5) is 26.2. The first-order chi connectivity index (χ1) is 9.45. The number of nitrogens with zero attached hydrogens (tertiary/aromatic N) is 3. The van der Waals surface area contributed by atoms with E-state index in [9.17, 15) is 9.59 Å². The Kier molecular flexibility index (Phi) is 4.21.